The summed E-state index contributed by atoms with van der Waals surface area (Å²) in [6.07, 6.45) is 0.823. The third kappa shape index (κ3) is 5.42. The molecule has 0 aliphatic carbocycles. The van der Waals surface area contributed by atoms with E-state index in [1.807, 2.05) is 12.3 Å². The summed E-state index contributed by atoms with van der Waals surface area (Å²) in [4.78, 5) is 45.4. The normalized spacial score (nSPS) is 10.8. The topological polar surface area (TPSA) is 95.2 Å². The van der Waals surface area contributed by atoms with Crippen molar-refractivity contribution < 1.29 is 9.59 Å². The van der Waals surface area contributed by atoms with Crippen LogP contribution in [0.3, 0.4) is 0 Å². The fourth-order valence-electron chi connectivity index (χ4n) is 2.89. The molecule has 7 nitrogen and oxygen atoms in total. The molecule has 1 aromatic carbocycles. The van der Waals surface area contributed by atoms with Crippen molar-refractivity contribution in [3.63, 3.8) is 0 Å². The highest BCUT2D eigenvalue weighted by Gasteiger charge is 2.15. The van der Waals surface area contributed by atoms with E-state index in [4.69, 9.17) is 11.6 Å². The first-order chi connectivity index (χ1) is 14.0. The predicted molar refractivity (Wildman–Crippen MR) is 114 cm³/mol. The lowest BCUT2D eigenvalue weighted by Gasteiger charge is -2.20. The van der Waals surface area contributed by atoms with Crippen molar-refractivity contribution in [3.8, 4) is 0 Å². The van der Waals surface area contributed by atoms with Crippen molar-refractivity contribution in [3.05, 3.63) is 61.8 Å². The lowest BCUT2D eigenvalue weighted by molar-refractivity contribution is -0.131. The second-order valence-electron chi connectivity index (χ2n) is 6.45. The molecule has 3 aromatic rings. The smallest absolute Gasteiger partial charge is 0.258 e. The minimum atomic E-state index is -0.263. The molecule has 2 heterocycles. The lowest BCUT2D eigenvalue weighted by atomic mass is 10.2. The second kappa shape index (κ2) is 9.67. The number of hydrogen-bond donors (Lipinski definition) is 2. The number of benzene rings is 1. The molecule has 9 heteroatoms. The van der Waals surface area contributed by atoms with Crippen molar-refractivity contribution in [1.82, 2.24) is 20.2 Å². The molecule has 0 aliphatic rings. The molecule has 3 rings (SSSR count). The quantitative estimate of drug-likeness (QED) is 0.534. The summed E-state index contributed by atoms with van der Waals surface area (Å²) in [6, 6.07) is 6.65. The van der Waals surface area contributed by atoms with Gasteiger partial charge in [0.05, 0.1) is 17.4 Å². The Morgan fingerprint density at radius 1 is 1.31 bits per heavy atom. The number of nitrogens with one attached hydrogen (secondary N) is 2. The average molecular weight is 433 g/mol. The Balaban J connectivity index is 1.56. The van der Waals surface area contributed by atoms with Gasteiger partial charge < -0.3 is 15.2 Å². The third-order valence-electron chi connectivity index (χ3n) is 4.43. The van der Waals surface area contributed by atoms with Gasteiger partial charge in [-0.1, -0.05) is 11.6 Å². The summed E-state index contributed by atoms with van der Waals surface area (Å²) in [5.74, 6) is 0.208. The van der Waals surface area contributed by atoms with Gasteiger partial charge >= 0.3 is 0 Å². The number of aromatic amines is 1. The molecule has 0 saturated carbocycles. The maximum absolute atomic E-state index is 12.5. The molecule has 2 aromatic heterocycles. The van der Waals surface area contributed by atoms with Gasteiger partial charge in [0.2, 0.25) is 5.91 Å². The highest BCUT2D eigenvalue weighted by atomic mass is 35.5. The maximum Gasteiger partial charge on any atom is 0.258 e. The van der Waals surface area contributed by atoms with Gasteiger partial charge in [-0.05, 0) is 43.0 Å². The number of hydrogen-bond acceptors (Lipinski definition) is 5. The largest absolute Gasteiger partial charge is 0.352 e. The van der Waals surface area contributed by atoms with E-state index >= 15 is 0 Å². The summed E-state index contributed by atoms with van der Waals surface area (Å²) in [6.45, 7) is 2.97. The first-order valence-corrected chi connectivity index (χ1v) is 10.6. The number of amides is 2. The number of carbonyl (C=O) groups excluding carboxylic acids is 2. The van der Waals surface area contributed by atoms with Crippen molar-refractivity contribution in [2.24, 2.45) is 0 Å². The molecule has 0 spiro atoms. The fourth-order valence-corrected chi connectivity index (χ4v) is 3.69. The molecule has 0 unspecified atom stereocenters. The Kier molecular flexibility index (Phi) is 7.00. The van der Waals surface area contributed by atoms with Crippen LogP contribution in [0.25, 0.3) is 10.9 Å². The Morgan fingerprint density at radius 3 is 2.86 bits per heavy atom. The molecule has 0 fully saturated rings. The minimum Gasteiger partial charge on any atom is -0.352 e. The molecular formula is C20H21ClN4O3S. The Morgan fingerprint density at radius 2 is 2.14 bits per heavy atom. The van der Waals surface area contributed by atoms with E-state index < -0.39 is 0 Å². The summed E-state index contributed by atoms with van der Waals surface area (Å²) in [5, 5.41) is 7.38. The fraction of sp³-hybridized carbons (Fsp3) is 0.300. The number of H-pyrrole nitrogens is 1. The van der Waals surface area contributed by atoms with Crippen LogP contribution in [0, 0.1) is 0 Å². The maximum atomic E-state index is 12.5. The number of carbonyl (C=O) groups is 2. The number of aromatic nitrogens is 2. The Hall–Kier alpha value is -2.71. The summed E-state index contributed by atoms with van der Waals surface area (Å²) < 4.78 is 0. The molecular weight excluding hydrogens is 412 g/mol. The molecule has 0 saturated heterocycles. The molecule has 0 radical (unpaired) electrons. The van der Waals surface area contributed by atoms with Crippen molar-refractivity contribution >= 4 is 45.7 Å². The predicted octanol–water partition coefficient (Wildman–Crippen LogP) is 3.20. The minimum absolute atomic E-state index is 0.0638. The van der Waals surface area contributed by atoms with Gasteiger partial charge in [0.15, 0.2) is 0 Å². The van der Waals surface area contributed by atoms with Crippen molar-refractivity contribution in [2.45, 2.75) is 26.3 Å². The van der Waals surface area contributed by atoms with Crippen LogP contribution >= 0.6 is 22.9 Å². The van der Waals surface area contributed by atoms with E-state index in [0.29, 0.717) is 53.2 Å². The van der Waals surface area contributed by atoms with Crippen LogP contribution in [0.2, 0.25) is 5.02 Å². The molecule has 0 atom stereocenters. The average Bonchev–Trinajstić information content (AvgIpc) is 3.23. The van der Waals surface area contributed by atoms with Gasteiger partial charge in [0.25, 0.3) is 11.5 Å². The van der Waals surface area contributed by atoms with Crippen LogP contribution in [0.1, 0.15) is 35.9 Å². The van der Waals surface area contributed by atoms with Gasteiger partial charge in [-0.3, -0.25) is 14.4 Å². The van der Waals surface area contributed by atoms with E-state index in [1.165, 1.54) is 11.3 Å². The second-order valence-corrected chi connectivity index (χ2v) is 7.67. The molecule has 2 N–H and O–H groups in total. The van der Waals surface area contributed by atoms with Gasteiger partial charge in [-0.2, -0.15) is 11.3 Å². The van der Waals surface area contributed by atoms with Crippen LogP contribution in [0.4, 0.5) is 0 Å². The standard InChI is InChI=1S/C20H21ClN4O3S/c1-2-25(18(26)4-3-8-22-19(27)13-7-9-29-12-13)11-17-23-16-10-14(21)5-6-15(16)20(28)24-17/h5-7,9-10,12H,2-4,8,11H2,1H3,(H,22,27)(H,23,24,28). The number of thiophene rings is 1. The van der Waals surface area contributed by atoms with Crippen LogP contribution in [0.15, 0.2) is 39.8 Å². The molecule has 152 valence electrons. The Bertz CT molecular complexity index is 1070. The number of halogens is 1. The number of rotatable bonds is 8. The van der Waals surface area contributed by atoms with Gasteiger partial charge in [0.1, 0.15) is 5.82 Å². The number of nitrogens with zero attached hydrogens (tertiary/aromatic N) is 2. The zero-order valence-corrected chi connectivity index (χ0v) is 17.5. The first kappa shape index (κ1) is 21.0. The van der Waals surface area contributed by atoms with Crippen LogP contribution < -0.4 is 10.9 Å². The zero-order chi connectivity index (χ0) is 20.8. The highest BCUT2D eigenvalue weighted by molar-refractivity contribution is 7.08. The SMILES string of the molecule is CCN(Cc1nc2cc(Cl)ccc2c(=O)[nH]1)C(=O)CCCNC(=O)c1ccsc1. The molecule has 0 aliphatic heterocycles. The number of fused-ring (bicyclic) bond motifs is 1. The monoisotopic (exact) mass is 432 g/mol. The molecule has 2 amide bonds. The van der Waals surface area contributed by atoms with E-state index in [2.05, 4.69) is 15.3 Å². The van der Waals surface area contributed by atoms with Crippen LogP contribution in [0.5, 0.6) is 0 Å². The highest BCUT2D eigenvalue weighted by Crippen LogP contribution is 2.15. The van der Waals surface area contributed by atoms with E-state index in [9.17, 15) is 14.4 Å². The van der Waals surface area contributed by atoms with Crippen molar-refractivity contribution in [2.75, 3.05) is 13.1 Å². The zero-order valence-electron chi connectivity index (χ0n) is 15.9. The lowest BCUT2D eigenvalue weighted by Crippen LogP contribution is -2.32. The van der Waals surface area contributed by atoms with Crippen LogP contribution in [-0.2, 0) is 11.3 Å². The summed E-state index contributed by atoms with van der Waals surface area (Å²) >= 11 is 7.45. The molecule has 0 bridgehead atoms. The van der Waals surface area contributed by atoms with E-state index in [1.54, 1.807) is 34.5 Å². The van der Waals surface area contributed by atoms with Crippen molar-refractivity contribution in [1.29, 1.82) is 0 Å². The van der Waals surface area contributed by atoms with Gasteiger partial charge in [0, 0.05) is 35.5 Å². The van der Waals surface area contributed by atoms with Gasteiger partial charge in [-0.15, -0.1) is 0 Å². The summed E-state index contributed by atoms with van der Waals surface area (Å²) in [7, 11) is 0. The first-order valence-electron chi connectivity index (χ1n) is 9.24. The summed E-state index contributed by atoms with van der Waals surface area (Å²) in [5.41, 5.74) is 0.861. The van der Waals surface area contributed by atoms with E-state index in [-0.39, 0.29) is 23.9 Å². The third-order valence-corrected chi connectivity index (χ3v) is 5.35. The van der Waals surface area contributed by atoms with Gasteiger partial charge in [-0.25, -0.2) is 4.98 Å². The van der Waals surface area contributed by atoms with E-state index in [0.717, 1.165) is 0 Å². The van der Waals surface area contributed by atoms with Crippen LogP contribution in [-0.4, -0.2) is 39.8 Å². The Labute approximate surface area is 176 Å². The molecule has 29 heavy (non-hydrogen) atoms.